The normalized spacial score (nSPS) is 24.4. The van der Waals surface area contributed by atoms with Crippen LogP contribution in [-0.2, 0) is 4.79 Å². The van der Waals surface area contributed by atoms with Gasteiger partial charge in [0.15, 0.2) is 0 Å². The molecule has 3 aliphatic heterocycles. The summed E-state index contributed by atoms with van der Waals surface area (Å²) >= 11 is 1.51. The highest BCUT2D eigenvalue weighted by Gasteiger charge is 2.32. The summed E-state index contributed by atoms with van der Waals surface area (Å²) in [4.78, 5) is 30.5. The molecule has 0 saturated carbocycles. The molecule has 0 aliphatic carbocycles. The first-order chi connectivity index (χ1) is 13.2. The summed E-state index contributed by atoms with van der Waals surface area (Å²) in [5, 5.41) is 3.48. The van der Waals surface area contributed by atoms with Crippen molar-refractivity contribution < 1.29 is 9.59 Å². The number of likely N-dealkylation sites (tertiary alicyclic amines) is 2. The SMILES string of the molecule is Cl.O=C(CSc1ccccc1C(=O)N1CC[C@@H]2CNC[C@@H]2CC1)N1CCCC1. The molecule has 1 N–H and O–H groups in total. The Labute approximate surface area is 178 Å². The molecule has 0 radical (unpaired) electrons. The molecule has 154 valence electrons. The molecule has 2 amide bonds. The summed E-state index contributed by atoms with van der Waals surface area (Å²) in [6.07, 6.45) is 4.40. The second-order valence-electron chi connectivity index (χ2n) is 7.92. The molecule has 3 heterocycles. The van der Waals surface area contributed by atoms with Crippen LogP contribution in [0.2, 0.25) is 0 Å². The van der Waals surface area contributed by atoms with Crippen LogP contribution in [0, 0.1) is 11.8 Å². The molecule has 5 nitrogen and oxygen atoms in total. The topological polar surface area (TPSA) is 52.7 Å². The highest BCUT2D eigenvalue weighted by Crippen LogP contribution is 2.29. The third kappa shape index (κ3) is 4.84. The largest absolute Gasteiger partial charge is 0.342 e. The van der Waals surface area contributed by atoms with Gasteiger partial charge in [0.1, 0.15) is 0 Å². The number of halogens is 1. The van der Waals surface area contributed by atoms with Gasteiger partial charge in [0.25, 0.3) is 5.91 Å². The third-order valence-electron chi connectivity index (χ3n) is 6.23. The van der Waals surface area contributed by atoms with Crippen molar-refractivity contribution in [3.8, 4) is 0 Å². The van der Waals surface area contributed by atoms with Crippen LogP contribution in [0.4, 0.5) is 0 Å². The average molecular weight is 424 g/mol. The van der Waals surface area contributed by atoms with Gasteiger partial charge in [0.2, 0.25) is 5.91 Å². The molecule has 2 atom stereocenters. The van der Waals surface area contributed by atoms with Crippen molar-refractivity contribution in [3.05, 3.63) is 29.8 Å². The molecule has 0 bridgehead atoms. The molecule has 0 spiro atoms. The first kappa shape index (κ1) is 21.5. The molecule has 3 saturated heterocycles. The third-order valence-corrected chi connectivity index (χ3v) is 7.29. The maximum Gasteiger partial charge on any atom is 0.254 e. The van der Waals surface area contributed by atoms with Crippen LogP contribution in [0.3, 0.4) is 0 Å². The van der Waals surface area contributed by atoms with E-state index in [9.17, 15) is 9.59 Å². The van der Waals surface area contributed by atoms with Gasteiger partial charge in [-0.3, -0.25) is 9.59 Å². The molecular weight excluding hydrogens is 394 g/mol. The lowest BCUT2D eigenvalue weighted by molar-refractivity contribution is -0.127. The molecule has 3 aliphatic rings. The zero-order valence-corrected chi connectivity index (χ0v) is 17.9. The monoisotopic (exact) mass is 423 g/mol. The Morgan fingerprint density at radius 3 is 2.29 bits per heavy atom. The average Bonchev–Trinajstić information content (AvgIpc) is 3.35. The Morgan fingerprint density at radius 2 is 1.61 bits per heavy atom. The first-order valence-corrected chi connectivity index (χ1v) is 11.2. The van der Waals surface area contributed by atoms with Crippen LogP contribution in [0.5, 0.6) is 0 Å². The minimum atomic E-state index is 0. The van der Waals surface area contributed by atoms with Gasteiger partial charge >= 0.3 is 0 Å². The van der Waals surface area contributed by atoms with Crippen LogP contribution < -0.4 is 5.32 Å². The number of carbonyl (C=O) groups is 2. The van der Waals surface area contributed by atoms with Gasteiger partial charge in [-0.1, -0.05) is 12.1 Å². The maximum absolute atomic E-state index is 13.2. The second-order valence-corrected chi connectivity index (χ2v) is 8.94. The lowest BCUT2D eigenvalue weighted by Gasteiger charge is -2.22. The summed E-state index contributed by atoms with van der Waals surface area (Å²) < 4.78 is 0. The van der Waals surface area contributed by atoms with E-state index in [0.717, 1.165) is 75.4 Å². The standard InChI is InChI=1S/C21H29N3O2S.ClH/c25-20(23-9-3-4-10-23)15-27-19-6-2-1-5-18(19)21(26)24-11-7-16-13-22-14-17(16)8-12-24;/h1-2,5-6,16-17,22H,3-4,7-15H2;1H/t16-,17+;. The summed E-state index contributed by atoms with van der Waals surface area (Å²) in [5.74, 6) is 2.16. The van der Waals surface area contributed by atoms with E-state index < -0.39 is 0 Å². The number of hydrogen-bond acceptors (Lipinski definition) is 4. The Kier molecular flexibility index (Phi) is 7.66. The molecule has 1 aromatic carbocycles. The van der Waals surface area contributed by atoms with Crippen LogP contribution in [0.15, 0.2) is 29.2 Å². The smallest absolute Gasteiger partial charge is 0.254 e. The number of hydrogen-bond donors (Lipinski definition) is 1. The fourth-order valence-electron chi connectivity index (χ4n) is 4.56. The van der Waals surface area contributed by atoms with Gasteiger partial charge in [-0.25, -0.2) is 0 Å². The first-order valence-electron chi connectivity index (χ1n) is 10.2. The van der Waals surface area contributed by atoms with E-state index in [1.807, 2.05) is 34.1 Å². The zero-order chi connectivity index (χ0) is 18.6. The number of nitrogens with one attached hydrogen (secondary N) is 1. The number of fused-ring (bicyclic) bond motifs is 1. The van der Waals surface area contributed by atoms with E-state index >= 15 is 0 Å². The minimum Gasteiger partial charge on any atom is -0.342 e. The summed E-state index contributed by atoms with van der Waals surface area (Å²) in [6, 6.07) is 7.78. The Morgan fingerprint density at radius 1 is 0.964 bits per heavy atom. The van der Waals surface area contributed by atoms with E-state index in [2.05, 4.69) is 5.32 Å². The van der Waals surface area contributed by atoms with E-state index in [0.29, 0.717) is 17.6 Å². The van der Waals surface area contributed by atoms with Gasteiger partial charge in [-0.15, -0.1) is 24.2 Å². The minimum absolute atomic E-state index is 0. The highest BCUT2D eigenvalue weighted by molar-refractivity contribution is 8.00. The lowest BCUT2D eigenvalue weighted by atomic mass is 9.92. The Bertz CT molecular complexity index is 682. The molecule has 0 aromatic heterocycles. The van der Waals surface area contributed by atoms with Crippen LogP contribution in [0.25, 0.3) is 0 Å². The summed E-state index contributed by atoms with van der Waals surface area (Å²) in [6.45, 7) is 5.63. The molecule has 28 heavy (non-hydrogen) atoms. The van der Waals surface area contributed by atoms with Gasteiger partial charge in [-0.05, 0) is 62.7 Å². The van der Waals surface area contributed by atoms with Gasteiger partial charge in [0.05, 0.1) is 11.3 Å². The van der Waals surface area contributed by atoms with Crippen molar-refractivity contribution >= 4 is 36.0 Å². The number of thioether (sulfide) groups is 1. The van der Waals surface area contributed by atoms with Crippen molar-refractivity contribution in [2.75, 3.05) is 45.0 Å². The molecule has 7 heteroatoms. The van der Waals surface area contributed by atoms with Crippen LogP contribution >= 0.6 is 24.2 Å². The molecule has 4 rings (SSSR count). The number of nitrogens with zero attached hydrogens (tertiary/aromatic N) is 2. The Balaban J connectivity index is 0.00000225. The van der Waals surface area contributed by atoms with Crippen molar-refractivity contribution in [2.24, 2.45) is 11.8 Å². The molecule has 1 aromatic rings. The number of amides is 2. The summed E-state index contributed by atoms with van der Waals surface area (Å²) in [7, 11) is 0. The van der Waals surface area contributed by atoms with Crippen molar-refractivity contribution in [2.45, 2.75) is 30.6 Å². The second kappa shape index (κ2) is 9.99. The number of benzene rings is 1. The molecule has 3 fully saturated rings. The van der Waals surface area contributed by atoms with Crippen LogP contribution in [0.1, 0.15) is 36.0 Å². The van der Waals surface area contributed by atoms with E-state index in [-0.39, 0.29) is 24.2 Å². The van der Waals surface area contributed by atoms with E-state index in [1.54, 1.807) is 0 Å². The van der Waals surface area contributed by atoms with Crippen molar-refractivity contribution in [1.29, 1.82) is 0 Å². The van der Waals surface area contributed by atoms with Gasteiger partial charge in [0, 0.05) is 31.1 Å². The number of rotatable bonds is 4. The van der Waals surface area contributed by atoms with Crippen molar-refractivity contribution in [3.63, 3.8) is 0 Å². The fraction of sp³-hybridized carbons (Fsp3) is 0.619. The highest BCUT2D eigenvalue weighted by atomic mass is 35.5. The van der Waals surface area contributed by atoms with Gasteiger partial charge < -0.3 is 15.1 Å². The van der Waals surface area contributed by atoms with Gasteiger partial charge in [-0.2, -0.15) is 0 Å². The fourth-order valence-corrected chi connectivity index (χ4v) is 5.51. The van der Waals surface area contributed by atoms with E-state index in [1.165, 1.54) is 11.8 Å². The number of carbonyl (C=O) groups excluding carboxylic acids is 2. The van der Waals surface area contributed by atoms with Crippen LogP contribution in [-0.4, -0.2) is 66.6 Å². The maximum atomic E-state index is 13.2. The Hall–Kier alpha value is -1.24. The zero-order valence-electron chi connectivity index (χ0n) is 16.3. The quantitative estimate of drug-likeness (QED) is 0.756. The van der Waals surface area contributed by atoms with E-state index in [4.69, 9.17) is 0 Å². The predicted molar refractivity (Wildman–Crippen MR) is 115 cm³/mol. The molecular formula is C21H30ClN3O2S. The van der Waals surface area contributed by atoms with Crippen molar-refractivity contribution in [1.82, 2.24) is 15.1 Å². The molecule has 0 unspecified atom stereocenters. The lowest BCUT2D eigenvalue weighted by Crippen LogP contribution is -2.33. The summed E-state index contributed by atoms with van der Waals surface area (Å²) in [5.41, 5.74) is 0.752. The predicted octanol–water partition coefficient (Wildman–Crippen LogP) is 2.89.